The van der Waals surface area contributed by atoms with E-state index in [1.807, 2.05) is 44.2 Å². The van der Waals surface area contributed by atoms with E-state index in [1.165, 1.54) is 17.0 Å². The van der Waals surface area contributed by atoms with Crippen molar-refractivity contribution in [3.63, 3.8) is 0 Å². The number of benzene rings is 3. The molecule has 3 rings (SSSR count). The summed E-state index contributed by atoms with van der Waals surface area (Å²) in [5.41, 5.74) is 1.18. The molecule has 2 amide bonds. The van der Waals surface area contributed by atoms with Crippen molar-refractivity contribution in [1.82, 2.24) is 10.2 Å². The first-order chi connectivity index (χ1) is 17.6. The van der Waals surface area contributed by atoms with Gasteiger partial charge in [-0.3, -0.25) is 13.9 Å². The highest BCUT2D eigenvalue weighted by Gasteiger charge is 2.32. The molecule has 1 N–H and O–H groups in total. The predicted octanol–water partition coefficient (Wildman–Crippen LogP) is 4.83. The number of hydrogen-bond acceptors (Lipinski definition) is 4. The fourth-order valence-corrected chi connectivity index (χ4v) is 5.37. The van der Waals surface area contributed by atoms with Crippen molar-refractivity contribution in [2.45, 2.75) is 38.3 Å². The quantitative estimate of drug-likeness (QED) is 0.349. The number of carbonyl (C=O) groups excluding carboxylic acids is 2. The van der Waals surface area contributed by atoms with Gasteiger partial charge in [0, 0.05) is 17.6 Å². The minimum Gasteiger partial charge on any atom is -0.354 e. The van der Waals surface area contributed by atoms with Crippen molar-refractivity contribution >= 4 is 43.5 Å². The molecule has 0 aliphatic heterocycles. The van der Waals surface area contributed by atoms with E-state index in [0.29, 0.717) is 12.2 Å². The van der Waals surface area contributed by atoms with E-state index in [9.17, 15) is 18.0 Å². The van der Waals surface area contributed by atoms with Crippen LogP contribution in [0.15, 0.2) is 94.3 Å². The van der Waals surface area contributed by atoms with Crippen LogP contribution in [0.1, 0.15) is 26.3 Å². The molecule has 3 aromatic rings. The molecule has 0 aliphatic rings. The smallest absolute Gasteiger partial charge is 0.264 e. The van der Waals surface area contributed by atoms with Gasteiger partial charge in [0.2, 0.25) is 11.8 Å². The van der Waals surface area contributed by atoms with Gasteiger partial charge in [0.1, 0.15) is 12.6 Å². The molecule has 0 fully saturated rings. The van der Waals surface area contributed by atoms with Gasteiger partial charge >= 0.3 is 0 Å². The first kappa shape index (κ1) is 28.4. The Morgan fingerprint density at radius 1 is 0.865 bits per heavy atom. The van der Waals surface area contributed by atoms with Crippen LogP contribution in [0.4, 0.5) is 5.69 Å². The molecular formula is C28H32BrN3O4S. The number of amides is 2. The molecule has 3 aromatic carbocycles. The van der Waals surface area contributed by atoms with Gasteiger partial charge in [-0.05, 0) is 54.8 Å². The lowest BCUT2D eigenvalue weighted by atomic mass is 10.1. The molecule has 0 unspecified atom stereocenters. The Morgan fingerprint density at radius 2 is 1.43 bits per heavy atom. The molecule has 0 saturated heterocycles. The third-order valence-electron chi connectivity index (χ3n) is 5.77. The Hall–Kier alpha value is -3.17. The van der Waals surface area contributed by atoms with Crippen molar-refractivity contribution < 1.29 is 18.0 Å². The number of anilines is 1. The van der Waals surface area contributed by atoms with Crippen molar-refractivity contribution in [2.75, 3.05) is 17.4 Å². The number of hydrogen-bond donors (Lipinski definition) is 1. The van der Waals surface area contributed by atoms with Gasteiger partial charge in [-0.15, -0.1) is 0 Å². The highest BCUT2D eigenvalue weighted by molar-refractivity contribution is 9.10. The highest BCUT2D eigenvalue weighted by Crippen LogP contribution is 2.26. The molecule has 9 heteroatoms. The molecule has 0 heterocycles. The zero-order chi connectivity index (χ0) is 27.0. The Labute approximate surface area is 227 Å². The summed E-state index contributed by atoms with van der Waals surface area (Å²) in [5, 5.41) is 2.88. The van der Waals surface area contributed by atoms with Crippen LogP contribution in [-0.4, -0.2) is 44.3 Å². The predicted molar refractivity (Wildman–Crippen MR) is 149 cm³/mol. The summed E-state index contributed by atoms with van der Waals surface area (Å²) in [4.78, 5) is 28.2. The van der Waals surface area contributed by atoms with Crippen LogP contribution in [0.25, 0.3) is 0 Å². The van der Waals surface area contributed by atoms with Crippen LogP contribution in [-0.2, 0) is 26.2 Å². The maximum Gasteiger partial charge on any atom is 0.264 e. The lowest BCUT2D eigenvalue weighted by Gasteiger charge is -2.32. The number of halogens is 1. The first-order valence-corrected chi connectivity index (χ1v) is 14.3. The molecule has 196 valence electrons. The van der Waals surface area contributed by atoms with Crippen LogP contribution >= 0.6 is 15.9 Å². The average Bonchev–Trinajstić information content (AvgIpc) is 2.90. The third kappa shape index (κ3) is 7.66. The Balaban J connectivity index is 1.97. The zero-order valence-electron chi connectivity index (χ0n) is 21.2. The van der Waals surface area contributed by atoms with E-state index >= 15 is 0 Å². The van der Waals surface area contributed by atoms with E-state index in [1.54, 1.807) is 49.4 Å². The summed E-state index contributed by atoms with van der Waals surface area (Å²) < 4.78 is 29.2. The van der Waals surface area contributed by atoms with E-state index < -0.39 is 28.5 Å². The average molecular weight is 587 g/mol. The van der Waals surface area contributed by atoms with Gasteiger partial charge in [0.15, 0.2) is 0 Å². The van der Waals surface area contributed by atoms with Gasteiger partial charge in [-0.2, -0.15) is 0 Å². The minimum atomic E-state index is -4.07. The van der Waals surface area contributed by atoms with E-state index in [2.05, 4.69) is 21.2 Å². The molecule has 0 radical (unpaired) electrons. The van der Waals surface area contributed by atoms with E-state index in [-0.39, 0.29) is 23.3 Å². The van der Waals surface area contributed by atoms with Gasteiger partial charge in [-0.1, -0.05) is 78.3 Å². The lowest BCUT2D eigenvalue weighted by molar-refractivity contribution is -0.139. The number of rotatable bonds is 11. The zero-order valence-corrected chi connectivity index (χ0v) is 23.6. The SMILES string of the molecule is CC(C)CNC(=O)[C@@H](C)N(Cc1ccccc1)C(=O)CN(c1ccc(Br)cc1)S(=O)(=O)c1ccccc1. The molecular weight excluding hydrogens is 554 g/mol. The Morgan fingerprint density at radius 3 is 2.00 bits per heavy atom. The molecule has 1 atom stereocenters. The minimum absolute atomic E-state index is 0.0723. The van der Waals surface area contributed by atoms with Crippen LogP contribution in [0.5, 0.6) is 0 Å². The fourth-order valence-electron chi connectivity index (χ4n) is 3.67. The monoisotopic (exact) mass is 585 g/mol. The summed E-state index contributed by atoms with van der Waals surface area (Å²) in [6.07, 6.45) is 0. The molecule has 0 saturated carbocycles. The largest absolute Gasteiger partial charge is 0.354 e. The summed E-state index contributed by atoms with van der Waals surface area (Å²) in [6.45, 7) is 5.81. The maximum atomic E-state index is 13.8. The summed E-state index contributed by atoms with van der Waals surface area (Å²) in [5.74, 6) is -0.532. The van der Waals surface area contributed by atoms with Crippen molar-refractivity contribution in [2.24, 2.45) is 5.92 Å². The van der Waals surface area contributed by atoms with Gasteiger partial charge in [0.05, 0.1) is 10.6 Å². The molecule has 0 spiro atoms. The molecule has 0 aromatic heterocycles. The number of sulfonamides is 1. The lowest BCUT2D eigenvalue weighted by Crippen LogP contribution is -2.51. The normalized spacial score (nSPS) is 12.1. The fraction of sp³-hybridized carbons (Fsp3) is 0.286. The van der Waals surface area contributed by atoms with Crippen LogP contribution in [0.2, 0.25) is 0 Å². The first-order valence-electron chi connectivity index (χ1n) is 12.0. The van der Waals surface area contributed by atoms with Crippen LogP contribution in [0, 0.1) is 5.92 Å². The van der Waals surface area contributed by atoms with Crippen LogP contribution in [0.3, 0.4) is 0 Å². The molecule has 0 bridgehead atoms. The highest BCUT2D eigenvalue weighted by atomic mass is 79.9. The van der Waals surface area contributed by atoms with Gasteiger partial charge < -0.3 is 10.2 Å². The van der Waals surface area contributed by atoms with E-state index in [4.69, 9.17) is 0 Å². The Bertz CT molecular complexity index is 1280. The molecule has 0 aliphatic carbocycles. The molecule has 37 heavy (non-hydrogen) atoms. The standard InChI is InChI=1S/C28H32BrN3O4S/c1-21(2)18-30-28(34)22(3)31(19-23-10-6-4-7-11-23)27(33)20-32(25-16-14-24(29)15-17-25)37(35,36)26-12-8-5-9-13-26/h4-17,21-22H,18-20H2,1-3H3,(H,30,34)/t22-/m1/s1. The second-order valence-electron chi connectivity index (χ2n) is 9.12. The van der Waals surface area contributed by atoms with Crippen molar-refractivity contribution in [1.29, 1.82) is 0 Å². The number of carbonyl (C=O) groups is 2. The summed E-state index contributed by atoms with van der Waals surface area (Å²) in [7, 11) is -4.07. The second kappa shape index (κ2) is 12.9. The summed E-state index contributed by atoms with van der Waals surface area (Å²) in [6, 6.07) is 23.2. The third-order valence-corrected chi connectivity index (χ3v) is 8.09. The topological polar surface area (TPSA) is 86.8 Å². The van der Waals surface area contributed by atoms with Gasteiger partial charge in [-0.25, -0.2) is 8.42 Å². The number of nitrogens with zero attached hydrogens (tertiary/aromatic N) is 2. The van der Waals surface area contributed by atoms with Gasteiger partial charge in [0.25, 0.3) is 10.0 Å². The molecule has 7 nitrogen and oxygen atoms in total. The number of nitrogens with one attached hydrogen (secondary N) is 1. The Kier molecular flexibility index (Phi) is 9.88. The maximum absolute atomic E-state index is 13.8. The van der Waals surface area contributed by atoms with Crippen molar-refractivity contribution in [3.05, 3.63) is 95.0 Å². The second-order valence-corrected chi connectivity index (χ2v) is 11.9. The van der Waals surface area contributed by atoms with Crippen molar-refractivity contribution in [3.8, 4) is 0 Å². The van der Waals surface area contributed by atoms with Crippen LogP contribution < -0.4 is 9.62 Å². The summed E-state index contributed by atoms with van der Waals surface area (Å²) >= 11 is 3.37. The van der Waals surface area contributed by atoms with E-state index in [0.717, 1.165) is 14.3 Å².